The van der Waals surface area contributed by atoms with Crippen molar-refractivity contribution >= 4 is 68.2 Å². The van der Waals surface area contributed by atoms with Crippen LogP contribution in [-0.4, -0.2) is 15.9 Å². The molecule has 0 fully saturated rings. The summed E-state index contributed by atoms with van der Waals surface area (Å²) in [6.07, 6.45) is -1.18. The lowest BCUT2D eigenvalue weighted by atomic mass is 10.2. The summed E-state index contributed by atoms with van der Waals surface area (Å²) in [6.45, 7) is 0. The van der Waals surface area contributed by atoms with Crippen LogP contribution < -0.4 is 10.1 Å². The number of ether oxygens (including phenoxy) is 1. The number of carbonyl (C=O) groups excluding carboxylic acids is 1. The molecule has 3 nitrogen and oxygen atoms in total. The lowest BCUT2D eigenvalue weighted by Crippen LogP contribution is -2.47. The molecule has 0 aliphatic rings. The number of halogens is 5. The van der Waals surface area contributed by atoms with E-state index in [-0.39, 0.29) is 0 Å². The highest BCUT2D eigenvalue weighted by atomic mass is 79.9. The predicted octanol–water partition coefficient (Wildman–Crippen LogP) is 5.61. The maximum absolute atomic E-state index is 12.3. The fourth-order valence-corrected chi connectivity index (χ4v) is 2.41. The van der Waals surface area contributed by atoms with E-state index >= 15 is 0 Å². The van der Waals surface area contributed by atoms with Crippen LogP contribution in [0.5, 0.6) is 5.75 Å². The third-order valence-corrected chi connectivity index (χ3v) is 4.07. The highest BCUT2D eigenvalue weighted by molar-refractivity contribution is 9.10. The standard InChI is InChI=1S/C15H10BrCl4NO2/c16-10-4-6-12(7-5-10)23-14(15(18,19)20)21-13(22)9-2-1-3-11(17)8-9/h1-8,14H,(H,21,22). The minimum absolute atomic E-state index is 0.330. The Labute approximate surface area is 161 Å². The van der Waals surface area contributed by atoms with Crippen LogP contribution in [0.1, 0.15) is 10.4 Å². The van der Waals surface area contributed by atoms with Crippen molar-refractivity contribution in [2.24, 2.45) is 0 Å². The van der Waals surface area contributed by atoms with E-state index in [2.05, 4.69) is 21.2 Å². The van der Waals surface area contributed by atoms with Crippen molar-refractivity contribution in [3.8, 4) is 5.75 Å². The molecule has 0 radical (unpaired) electrons. The highest BCUT2D eigenvalue weighted by Crippen LogP contribution is 2.32. The van der Waals surface area contributed by atoms with Crippen LogP contribution in [0, 0.1) is 0 Å². The van der Waals surface area contributed by atoms with Gasteiger partial charge in [-0.3, -0.25) is 4.79 Å². The van der Waals surface area contributed by atoms with Crippen LogP contribution in [0.15, 0.2) is 53.0 Å². The molecule has 0 heterocycles. The van der Waals surface area contributed by atoms with Gasteiger partial charge in [0.2, 0.25) is 10.0 Å². The SMILES string of the molecule is O=C(NC(Oc1ccc(Br)cc1)C(Cl)(Cl)Cl)c1cccc(Cl)c1. The molecule has 2 aromatic rings. The zero-order valence-electron chi connectivity index (χ0n) is 11.4. The van der Waals surface area contributed by atoms with Gasteiger partial charge in [0.15, 0.2) is 0 Å². The molecule has 1 atom stereocenters. The van der Waals surface area contributed by atoms with Crippen molar-refractivity contribution in [2.75, 3.05) is 0 Å². The average Bonchev–Trinajstić information content (AvgIpc) is 2.47. The van der Waals surface area contributed by atoms with E-state index in [9.17, 15) is 4.79 Å². The first kappa shape index (κ1) is 18.7. The number of hydrogen-bond donors (Lipinski definition) is 1. The second-order valence-electron chi connectivity index (χ2n) is 4.48. The third kappa shape index (κ3) is 5.73. The van der Waals surface area contributed by atoms with E-state index in [4.69, 9.17) is 51.1 Å². The van der Waals surface area contributed by atoms with E-state index < -0.39 is 15.9 Å². The molecule has 23 heavy (non-hydrogen) atoms. The molecule has 0 aliphatic heterocycles. The Morgan fingerprint density at radius 2 is 1.78 bits per heavy atom. The number of benzene rings is 2. The molecule has 0 aromatic heterocycles. The monoisotopic (exact) mass is 455 g/mol. The van der Waals surface area contributed by atoms with Gasteiger partial charge < -0.3 is 10.1 Å². The largest absolute Gasteiger partial charge is 0.466 e. The summed E-state index contributed by atoms with van der Waals surface area (Å²) in [6, 6.07) is 13.3. The van der Waals surface area contributed by atoms with Crippen molar-refractivity contribution in [3.05, 3.63) is 63.6 Å². The molecule has 0 aliphatic carbocycles. The zero-order chi connectivity index (χ0) is 17.0. The van der Waals surface area contributed by atoms with Crippen molar-refractivity contribution in [2.45, 2.75) is 10.0 Å². The van der Waals surface area contributed by atoms with Crippen molar-refractivity contribution in [3.63, 3.8) is 0 Å². The van der Waals surface area contributed by atoms with Crippen molar-refractivity contribution in [1.82, 2.24) is 5.32 Å². The second-order valence-corrected chi connectivity index (χ2v) is 8.20. The first-order valence-electron chi connectivity index (χ1n) is 6.31. The van der Waals surface area contributed by atoms with Gasteiger partial charge in [0.1, 0.15) is 5.75 Å². The molecule has 1 N–H and O–H groups in total. The summed E-state index contributed by atoms with van der Waals surface area (Å²) in [5.41, 5.74) is 0.330. The Hall–Kier alpha value is -0.650. The lowest BCUT2D eigenvalue weighted by Gasteiger charge is -2.26. The molecule has 2 rings (SSSR count). The number of carbonyl (C=O) groups is 1. The van der Waals surface area contributed by atoms with Gasteiger partial charge in [0.05, 0.1) is 0 Å². The van der Waals surface area contributed by atoms with E-state index in [0.29, 0.717) is 16.3 Å². The van der Waals surface area contributed by atoms with Gasteiger partial charge in [-0.05, 0) is 42.5 Å². The molecule has 0 saturated heterocycles. The van der Waals surface area contributed by atoms with Gasteiger partial charge in [-0.2, -0.15) is 0 Å². The summed E-state index contributed by atoms with van der Waals surface area (Å²) < 4.78 is 4.59. The second kappa shape index (κ2) is 7.95. The number of hydrogen-bond acceptors (Lipinski definition) is 2. The third-order valence-electron chi connectivity index (χ3n) is 2.71. The molecule has 8 heteroatoms. The van der Waals surface area contributed by atoms with Crippen LogP contribution in [0.4, 0.5) is 0 Å². The van der Waals surface area contributed by atoms with E-state index in [1.165, 1.54) is 6.07 Å². The Kier molecular flexibility index (Phi) is 6.46. The van der Waals surface area contributed by atoms with Crippen LogP contribution in [0.25, 0.3) is 0 Å². The quantitative estimate of drug-likeness (QED) is 0.479. The van der Waals surface area contributed by atoms with Gasteiger partial charge in [0.25, 0.3) is 5.91 Å². The van der Waals surface area contributed by atoms with Crippen LogP contribution in [0.3, 0.4) is 0 Å². The first-order chi connectivity index (χ1) is 10.8. The van der Waals surface area contributed by atoms with E-state index in [1.54, 1.807) is 42.5 Å². The minimum atomic E-state index is -1.86. The molecule has 0 bridgehead atoms. The Bertz CT molecular complexity index is 689. The number of rotatable bonds is 4. The molecular weight excluding hydrogens is 448 g/mol. The molecule has 1 amide bonds. The maximum Gasteiger partial charge on any atom is 0.254 e. The first-order valence-corrected chi connectivity index (χ1v) is 8.61. The Morgan fingerprint density at radius 1 is 1.13 bits per heavy atom. The van der Waals surface area contributed by atoms with E-state index in [0.717, 1.165) is 4.47 Å². The summed E-state index contributed by atoms with van der Waals surface area (Å²) in [5.74, 6) is -0.0307. The van der Waals surface area contributed by atoms with Crippen LogP contribution in [0.2, 0.25) is 5.02 Å². The van der Waals surface area contributed by atoms with Crippen LogP contribution >= 0.6 is 62.3 Å². The predicted molar refractivity (Wildman–Crippen MR) is 97.8 cm³/mol. The smallest absolute Gasteiger partial charge is 0.254 e. The lowest BCUT2D eigenvalue weighted by molar-refractivity contribution is 0.0833. The van der Waals surface area contributed by atoms with Gasteiger partial charge in [0, 0.05) is 15.1 Å². The maximum atomic E-state index is 12.3. The normalized spacial score (nSPS) is 12.6. The van der Waals surface area contributed by atoms with Crippen LogP contribution in [-0.2, 0) is 0 Å². The summed E-state index contributed by atoms with van der Waals surface area (Å²) in [5, 5.41) is 2.96. The van der Waals surface area contributed by atoms with Crippen molar-refractivity contribution < 1.29 is 9.53 Å². The molecule has 0 spiro atoms. The molecular formula is C15H10BrCl4NO2. The molecule has 122 valence electrons. The molecule has 0 saturated carbocycles. The van der Waals surface area contributed by atoms with E-state index in [1.807, 2.05) is 0 Å². The van der Waals surface area contributed by atoms with Gasteiger partial charge >= 0.3 is 0 Å². The summed E-state index contributed by atoms with van der Waals surface area (Å²) >= 11 is 26.9. The summed E-state index contributed by atoms with van der Waals surface area (Å²) in [7, 11) is 0. The van der Waals surface area contributed by atoms with Gasteiger partial charge in [-0.1, -0.05) is 68.4 Å². The minimum Gasteiger partial charge on any atom is -0.466 e. The molecule has 2 aromatic carbocycles. The number of alkyl halides is 3. The molecule has 1 unspecified atom stereocenters. The average molecular weight is 458 g/mol. The number of amides is 1. The summed E-state index contributed by atoms with van der Waals surface area (Å²) in [4.78, 5) is 12.3. The number of nitrogens with one attached hydrogen (secondary N) is 1. The zero-order valence-corrected chi connectivity index (χ0v) is 16.0. The van der Waals surface area contributed by atoms with Gasteiger partial charge in [-0.15, -0.1) is 0 Å². The fourth-order valence-electron chi connectivity index (χ4n) is 1.66. The highest BCUT2D eigenvalue weighted by Gasteiger charge is 2.36. The Balaban J connectivity index is 2.16. The Morgan fingerprint density at radius 3 is 2.35 bits per heavy atom. The van der Waals surface area contributed by atoms with Crippen molar-refractivity contribution in [1.29, 1.82) is 0 Å². The fraction of sp³-hybridized carbons (Fsp3) is 0.133. The topological polar surface area (TPSA) is 38.3 Å². The van der Waals surface area contributed by atoms with Gasteiger partial charge in [-0.25, -0.2) is 0 Å².